The molecule has 0 atom stereocenters. The van der Waals surface area contributed by atoms with Crippen LogP contribution >= 0.6 is 11.6 Å². The van der Waals surface area contributed by atoms with Crippen molar-refractivity contribution in [2.75, 3.05) is 6.54 Å². The second-order valence-corrected chi connectivity index (χ2v) is 8.03. The molecule has 0 saturated carbocycles. The van der Waals surface area contributed by atoms with E-state index in [1.807, 2.05) is 30.4 Å². The van der Waals surface area contributed by atoms with Crippen molar-refractivity contribution in [1.82, 2.24) is 5.32 Å². The zero-order valence-electron chi connectivity index (χ0n) is 21.0. The SMILES string of the molecule is C=Cc1c(C)ccc(-c2ccc(C#N)cc2Cl)c1N=C.Cc1c(F)cc(C(=O)O)cc1F.O=CNCC(=O)O. The van der Waals surface area contributed by atoms with Gasteiger partial charge in [0.15, 0.2) is 0 Å². The number of nitrogens with one attached hydrogen (secondary N) is 1. The third-order valence-corrected chi connectivity index (χ3v) is 5.36. The van der Waals surface area contributed by atoms with Crippen molar-refractivity contribution in [2.24, 2.45) is 4.99 Å². The standard InChI is InChI=1S/C17H13ClN2.C8H6F2O2.C3H5NO3/c1-4-13-11(2)5-7-15(17(13)20-3)14-8-6-12(10-19)9-16(14)18;1-4-6(9)2-5(8(11)12)3-7(4)10;5-2-4-1-3(6)7/h4-9H,1,3H2,2H3;2-3H,1H3,(H,11,12);2H,1H2,(H,4,5)(H,6,7). The van der Waals surface area contributed by atoms with Crippen LogP contribution in [0.25, 0.3) is 17.2 Å². The van der Waals surface area contributed by atoms with Crippen molar-refractivity contribution in [3.63, 3.8) is 0 Å². The van der Waals surface area contributed by atoms with Gasteiger partial charge in [0.1, 0.15) is 18.2 Å². The average Bonchev–Trinajstić information content (AvgIpc) is 2.90. The van der Waals surface area contributed by atoms with E-state index >= 15 is 0 Å². The van der Waals surface area contributed by atoms with Crippen molar-refractivity contribution in [3.8, 4) is 17.2 Å². The highest BCUT2D eigenvalue weighted by Crippen LogP contribution is 2.39. The molecule has 202 valence electrons. The van der Waals surface area contributed by atoms with Crippen LogP contribution in [0.15, 0.2) is 54.0 Å². The van der Waals surface area contributed by atoms with Crippen LogP contribution in [0.5, 0.6) is 0 Å². The van der Waals surface area contributed by atoms with Gasteiger partial charge in [-0.1, -0.05) is 42.5 Å². The molecule has 0 spiro atoms. The Morgan fingerprint density at radius 2 is 1.69 bits per heavy atom. The topological polar surface area (TPSA) is 140 Å². The number of carbonyl (C=O) groups is 3. The molecular formula is C28H24ClF2N3O5. The number of benzene rings is 3. The number of hydrogen-bond acceptors (Lipinski definition) is 5. The van der Waals surface area contributed by atoms with Gasteiger partial charge in [0.25, 0.3) is 0 Å². The molecule has 0 saturated heterocycles. The molecule has 1 amide bonds. The van der Waals surface area contributed by atoms with Crippen LogP contribution in [0.2, 0.25) is 5.02 Å². The molecule has 0 aromatic heterocycles. The van der Waals surface area contributed by atoms with Crippen LogP contribution in [0.3, 0.4) is 0 Å². The lowest BCUT2D eigenvalue weighted by atomic mass is 9.96. The average molecular weight is 556 g/mol. The number of hydrogen-bond donors (Lipinski definition) is 3. The Kier molecular flexibility index (Phi) is 12.7. The van der Waals surface area contributed by atoms with Gasteiger partial charge in [-0.25, -0.2) is 13.6 Å². The lowest BCUT2D eigenvalue weighted by Gasteiger charge is -2.12. The number of carbonyl (C=O) groups excluding carboxylic acids is 1. The highest BCUT2D eigenvalue weighted by Gasteiger charge is 2.13. The maximum absolute atomic E-state index is 12.7. The fraction of sp³-hybridized carbons (Fsp3) is 0.107. The van der Waals surface area contributed by atoms with E-state index in [1.165, 1.54) is 6.92 Å². The summed E-state index contributed by atoms with van der Waals surface area (Å²) in [5, 5.41) is 27.6. The maximum Gasteiger partial charge on any atom is 0.335 e. The first-order chi connectivity index (χ1) is 18.4. The molecule has 0 aliphatic rings. The van der Waals surface area contributed by atoms with E-state index < -0.39 is 23.6 Å². The molecular weight excluding hydrogens is 532 g/mol. The quantitative estimate of drug-likeness (QED) is 0.243. The first-order valence-electron chi connectivity index (χ1n) is 10.9. The molecule has 3 N–H and O–H groups in total. The van der Waals surface area contributed by atoms with Crippen LogP contribution in [-0.2, 0) is 9.59 Å². The Labute approximate surface area is 228 Å². The van der Waals surface area contributed by atoms with Crippen LogP contribution in [0, 0.1) is 36.8 Å². The third-order valence-electron chi connectivity index (χ3n) is 5.05. The second-order valence-electron chi connectivity index (χ2n) is 7.62. The predicted octanol–water partition coefficient (Wildman–Crippen LogP) is 5.95. The summed E-state index contributed by atoms with van der Waals surface area (Å²) in [7, 11) is 0. The highest BCUT2D eigenvalue weighted by atomic mass is 35.5. The second kappa shape index (κ2) is 15.4. The van der Waals surface area contributed by atoms with E-state index in [-0.39, 0.29) is 17.7 Å². The van der Waals surface area contributed by atoms with E-state index in [0.29, 0.717) is 17.0 Å². The summed E-state index contributed by atoms with van der Waals surface area (Å²) in [5.41, 5.74) is 4.48. The van der Waals surface area contributed by atoms with Gasteiger partial charge in [-0.15, -0.1) is 0 Å². The Morgan fingerprint density at radius 3 is 2.10 bits per heavy atom. The number of carboxylic acid groups (broad SMARTS) is 2. The molecule has 3 aromatic rings. The van der Waals surface area contributed by atoms with Gasteiger partial charge >= 0.3 is 11.9 Å². The summed E-state index contributed by atoms with van der Waals surface area (Å²) >= 11 is 6.27. The van der Waals surface area contributed by atoms with Crippen molar-refractivity contribution in [3.05, 3.63) is 93.5 Å². The summed E-state index contributed by atoms with van der Waals surface area (Å²) in [5.74, 6) is -4.06. The van der Waals surface area contributed by atoms with E-state index in [4.69, 9.17) is 27.1 Å². The predicted molar refractivity (Wildman–Crippen MR) is 145 cm³/mol. The van der Waals surface area contributed by atoms with E-state index in [1.54, 1.807) is 18.2 Å². The minimum absolute atomic E-state index is 0.167. The fourth-order valence-corrected chi connectivity index (χ4v) is 3.34. The number of aliphatic imine (C=N–C) groups is 1. The highest BCUT2D eigenvalue weighted by molar-refractivity contribution is 6.33. The van der Waals surface area contributed by atoms with E-state index in [9.17, 15) is 23.2 Å². The number of carboxylic acids is 2. The number of halogens is 3. The third kappa shape index (κ3) is 9.18. The van der Waals surface area contributed by atoms with Gasteiger partial charge in [0, 0.05) is 27.3 Å². The van der Waals surface area contributed by atoms with Gasteiger partial charge in [-0.05, 0) is 50.4 Å². The zero-order chi connectivity index (χ0) is 29.7. The van der Waals surface area contributed by atoms with Crippen LogP contribution < -0.4 is 5.32 Å². The molecule has 0 heterocycles. The van der Waals surface area contributed by atoms with Crippen LogP contribution in [0.4, 0.5) is 14.5 Å². The molecule has 0 unspecified atom stereocenters. The van der Waals surface area contributed by atoms with E-state index in [0.717, 1.165) is 40.1 Å². The Morgan fingerprint density at radius 1 is 1.10 bits per heavy atom. The summed E-state index contributed by atoms with van der Waals surface area (Å²) in [6, 6.07) is 12.8. The summed E-state index contributed by atoms with van der Waals surface area (Å²) < 4.78 is 25.4. The van der Waals surface area contributed by atoms with Gasteiger partial charge in [-0.3, -0.25) is 14.6 Å². The van der Waals surface area contributed by atoms with Crippen molar-refractivity contribution in [2.45, 2.75) is 13.8 Å². The minimum Gasteiger partial charge on any atom is -0.480 e. The molecule has 39 heavy (non-hydrogen) atoms. The molecule has 0 bridgehead atoms. The summed E-state index contributed by atoms with van der Waals surface area (Å²) in [6.07, 6.45) is 2.11. The Bertz CT molecular complexity index is 1430. The number of rotatable bonds is 7. The normalized spacial score (nSPS) is 9.44. The molecule has 0 aliphatic carbocycles. The molecule has 0 fully saturated rings. The number of aliphatic carboxylic acids is 1. The number of nitrogens with zero attached hydrogens (tertiary/aromatic N) is 2. The summed E-state index contributed by atoms with van der Waals surface area (Å²) in [4.78, 5) is 33.3. The largest absolute Gasteiger partial charge is 0.480 e. The number of nitriles is 1. The summed E-state index contributed by atoms with van der Waals surface area (Å²) in [6.45, 7) is 10.4. The van der Waals surface area contributed by atoms with Crippen LogP contribution in [-0.4, -0.2) is 41.8 Å². The van der Waals surface area contributed by atoms with Crippen molar-refractivity contribution < 1.29 is 33.4 Å². The molecule has 0 aliphatic heterocycles. The first-order valence-corrected chi connectivity index (χ1v) is 11.3. The number of aromatic carboxylic acids is 1. The number of amides is 1. The first kappa shape index (κ1) is 32.1. The van der Waals surface area contributed by atoms with Crippen molar-refractivity contribution in [1.29, 1.82) is 5.26 Å². The maximum atomic E-state index is 12.7. The lowest BCUT2D eigenvalue weighted by molar-refractivity contribution is -0.136. The molecule has 11 heteroatoms. The van der Waals surface area contributed by atoms with E-state index in [2.05, 4.69) is 24.4 Å². The Balaban J connectivity index is 0.000000339. The monoisotopic (exact) mass is 555 g/mol. The van der Waals surface area contributed by atoms with Crippen LogP contribution in [0.1, 0.15) is 32.6 Å². The molecule has 3 rings (SSSR count). The van der Waals surface area contributed by atoms with Crippen molar-refractivity contribution >= 4 is 48.4 Å². The fourth-order valence-electron chi connectivity index (χ4n) is 3.06. The van der Waals surface area contributed by atoms with Gasteiger partial charge in [-0.2, -0.15) is 5.26 Å². The zero-order valence-corrected chi connectivity index (χ0v) is 21.7. The smallest absolute Gasteiger partial charge is 0.335 e. The molecule has 3 aromatic carbocycles. The molecule has 8 nitrogen and oxygen atoms in total. The minimum atomic E-state index is -1.34. The van der Waals surface area contributed by atoms with Gasteiger partial charge in [0.2, 0.25) is 6.41 Å². The Hall–Kier alpha value is -4.88. The number of aryl methyl sites for hydroxylation is 1. The van der Waals surface area contributed by atoms with Gasteiger partial charge < -0.3 is 15.5 Å². The van der Waals surface area contributed by atoms with Gasteiger partial charge in [0.05, 0.1) is 22.9 Å². The molecule has 0 radical (unpaired) electrons. The lowest BCUT2D eigenvalue weighted by Crippen LogP contribution is -2.20.